The Bertz CT molecular complexity index is 365. The van der Waals surface area contributed by atoms with Gasteiger partial charge in [-0.3, -0.25) is 14.5 Å². The van der Waals surface area contributed by atoms with Crippen LogP contribution in [0.1, 0.15) is 20.8 Å². The first-order chi connectivity index (χ1) is 9.66. The molecular weight excluding hydrogens is 276 g/mol. The molecule has 122 valence electrons. The van der Waals surface area contributed by atoms with Crippen LogP contribution in [0.15, 0.2) is 12.7 Å². The van der Waals surface area contributed by atoms with Crippen LogP contribution in [0.3, 0.4) is 0 Å². The van der Waals surface area contributed by atoms with Crippen molar-refractivity contribution in [3.63, 3.8) is 0 Å². The van der Waals surface area contributed by atoms with Crippen LogP contribution < -0.4 is 0 Å². The molecular formula is C14H26N2O5. The Kier molecular flexibility index (Phi) is 7.98. The highest BCUT2D eigenvalue weighted by atomic mass is 16.7. The molecule has 0 spiro atoms. The molecule has 21 heavy (non-hydrogen) atoms. The lowest BCUT2D eigenvalue weighted by Gasteiger charge is -2.32. The summed E-state index contributed by atoms with van der Waals surface area (Å²) in [6, 6.07) is -0.473. The predicted octanol–water partition coefficient (Wildman–Crippen LogP) is 1.44. The van der Waals surface area contributed by atoms with E-state index < -0.39 is 17.7 Å². The van der Waals surface area contributed by atoms with Crippen molar-refractivity contribution in [2.24, 2.45) is 0 Å². The quantitative estimate of drug-likeness (QED) is 0.526. The zero-order valence-corrected chi connectivity index (χ0v) is 13.7. The summed E-state index contributed by atoms with van der Waals surface area (Å²) in [5.41, 5.74) is -0.662. The molecule has 0 fully saturated rings. The number of nitrogens with zero attached hydrogens (tertiary/aromatic N) is 2. The van der Waals surface area contributed by atoms with Crippen LogP contribution in [-0.4, -0.2) is 68.0 Å². The first-order valence-corrected chi connectivity index (χ1v) is 6.58. The number of carbonyl (C=O) groups excluding carboxylic acids is 2. The van der Waals surface area contributed by atoms with Crippen molar-refractivity contribution in [3.05, 3.63) is 12.7 Å². The molecule has 0 saturated heterocycles. The maximum absolute atomic E-state index is 12.3. The van der Waals surface area contributed by atoms with Crippen LogP contribution in [0.2, 0.25) is 0 Å². The Hall–Kier alpha value is -1.60. The van der Waals surface area contributed by atoms with Gasteiger partial charge in [-0.15, -0.1) is 6.58 Å². The largest absolute Gasteiger partial charge is 0.444 e. The molecule has 0 aromatic heterocycles. The maximum Gasteiger partial charge on any atom is 0.411 e. The average Bonchev–Trinajstić information content (AvgIpc) is 2.39. The Labute approximate surface area is 126 Å². The van der Waals surface area contributed by atoms with Gasteiger partial charge in [0, 0.05) is 14.2 Å². The minimum absolute atomic E-state index is 0.195. The van der Waals surface area contributed by atoms with E-state index in [-0.39, 0.29) is 19.1 Å². The highest BCUT2D eigenvalue weighted by Crippen LogP contribution is 2.13. The van der Waals surface area contributed by atoms with Crippen LogP contribution >= 0.6 is 0 Å². The van der Waals surface area contributed by atoms with Gasteiger partial charge in [-0.2, -0.15) is 0 Å². The minimum atomic E-state index is -0.662. The summed E-state index contributed by atoms with van der Waals surface area (Å²) in [6.07, 6.45) is 0.926. The second-order valence-corrected chi connectivity index (χ2v) is 5.44. The van der Waals surface area contributed by atoms with E-state index in [2.05, 4.69) is 6.58 Å². The van der Waals surface area contributed by atoms with E-state index in [1.807, 2.05) is 0 Å². The first kappa shape index (κ1) is 19.4. The Morgan fingerprint density at radius 2 is 1.86 bits per heavy atom. The maximum atomic E-state index is 12.3. The zero-order chi connectivity index (χ0) is 16.6. The monoisotopic (exact) mass is 302 g/mol. The second kappa shape index (κ2) is 8.63. The van der Waals surface area contributed by atoms with E-state index in [0.29, 0.717) is 0 Å². The van der Waals surface area contributed by atoms with Gasteiger partial charge in [0.15, 0.2) is 0 Å². The van der Waals surface area contributed by atoms with Crippen LogP contribution in [-0.2, 0) is 19.1 Å². The summed E-state index contributed by atoms with van der Waals surface area (Å²) in [7, 11) is 4.34. The lowest BCUT2D eigenvalue weighted by atomic mass is 10.2. The normalized spacial score (nSPS) is 12.5. The summed E-state index contributed by atoms with van der Waals surface area (Å²) in [6.45, 7) is 8.95. The average molecular weight is 302 g/mol. The van der Waals surface area contributed by atoms with Gasteiger partial charge in [-0.25, -0.2) is 9.86 Å². The van der Waals surface area contributed by atoms with E-state index in [1.54, 1.807) is 20.8 Å². The molecule has 0 N–H and O–H groups in total. The molecule has 1 atom stereocenters. The van der Waals surface area contributed by atoms with Crippen LogP contribution in [0.25, 0.3) is 0 Å². The molecule has 1 unspecified atom stereocenters. The van der Waals surface area contributed by atoms with Crippen LogP contribution in [0.4, 0.5) is 4.79 Å². The zero-order valence-electron chi connectivity index (χ0n) is 13.7. The molecule has 0 aliphatic heterocycles. The van der Waals surface area contributed by atoms with Crippen molar-refractivity contribution in [1.29, 1.82) is 0 Å². The number of likely N-dealkylation sites (N-methyl/N-ethyl adjacent to an activating group) is 1. The number of methoxy groups -OCH3 is 1. The SMILES string of the molecule is C=CC(COC)N(CC(=O)N(C)OC)C(=O)OC(C)(C)C. The number of ether oxygens (including phenoxy) is 2. The highest BCUT2D eigenvalue weighted by molar-refractivity contribution is 5.81. The molecule has 2 amide bonds. The lowest BCUT2D eigenvalue weighted by Crippen LogP contribution is -2.49. The Morgan fingerprint density at radius 3 is 2.24 bits per heavy atom. The van der Waals surface area contributed by atoms with Crippen molar-refractivity contribution in [3.8, 4) is 0 Å². The first-order valence-electron chi connectivity index (χ1n) is 6.58. The topological polar surface area (TPSA) is 68.3 Å². The highest BCUT2D eigenvalue weighted by Gasteiger charge is 2.29. The van der Waals surface area contributed by atoms with Crippen molar-refractivity contribution in [2.75, 3.05) is 34.4 Å². The van der Waals surface area contributed by atoms with E-state index in [0.717, 1.165) is 5.06 Å². The summed E-state index contributed by atoms with van der Waals surface area (Å²) in [5.74, 6) is -0.383. The molecule has 0 rings (SSSR count). The smallest absolute Gasteiger partial charge is 0.411 e. The standard InChI is InChI=1S/C14H26N2O5/c1-8-11(10-19-6)16(9-12(17)15(5)20-7)13(18)21-14(2,3)4/h8,11H,1,9-10H2,2-7H3. The van der Waals surface area contributed by atoms with Gasteiger partial charge in [0.2, 0.25) is 0 Å². The van der Waals surface area contributed by atoms with E-state index >= 15 is 0 Å². The minimum Gasteiger partial charge on any atom is -0.444 e. The molecule has 0 heterocycles. The lowest BCUT2D eigenvalue weighted by molar-refractivity contribution is -0.170. The third kappa shape index (κ3) is 7.10. The number of hydrogen-bond acceptors (Lipinski definition) is 5. The van der Waals surface area contributed by atoms with Crippen LogP contribution in [0, 0.1) is 0 Å². The van der Waals surface area contributed by atoms with E-state index in [1.165, 1.54) is 32.2 Å². The van der Waals surface area contributed by atoms with Crippen molar-refractivity contribution < 1.29 is 23.9 Å². The van der Waals surface area contributed by atoms with Gasteiger partial charge in [0.1, 0.15) is 12.1 Å². The fraction of sp³-hybridized carbons (Fsp3) is 0.714. The second-order valence-electron chi connectivity index (χ2n) is 5.44. The van der Waals surface area contributed by atoms with E-state index in [9.17, 15) is 9.59 Å². The number of hydrogen-bond donors (Lipinski definition) is 0. The number of carbonyl (C=O) groups is 2. The Balaban J connectivity index is 5.12. The molecule has 7 heteroatoms. The number of amides is 2. The molecule has 0 aliphatic carbocycles. The van der Waals surface area contributed by atoms with Crippen molar-refractivity contribution in [1.82, 2.24) is 9.96 Å². The fourth-order valence-corrected chi connectivity index (χ4v) is 1.44. The molecule has 7 nitrogen and oxygen atoms in total. The number of hydroxylamine groups is 2. The summed E-state index contributed by atoms with van der Waals surface area (Å²) in [5, 5.41) is 1.05. The van der Waals surface area contributed by atoms with Gasteiger partial charge >= 0.3 is 6.09 Å². The van der Waals surface area contributed by atoms with Gasteiger partial charge in [0.25, 0.3) is 5.91 Å². The van der Waals surface area contributed by atoms with Crippen molar-refractivity contribution >= 4 is 12.0 Å². The van der Waals surface area contributed by atoms with Gasteiger partial charge in [0.05, 0.1) is 19.8 Å². The summed E-state index contributed by atoms with van der Waals surface area (Å²) < 4.78 is 10.4. The molecule has 0 aliphatic rings. The summed E-state index contributed by atoms with van der Waals surface area (Å²) >= 11 is 0. The van der Waals surface area contributed by atoms with Gasteiger partial charge in [-0.05, 0) is 20.8 Å². The van der Waals surface area contributed by atoms with E-state index in [4.69, 9.17) is 14.3 Å². The Morgan fingerprint density at radius 1 is 1.29 bits per heavy atom. The molecule has 0 aromatic carbocycles. The predicted molar refractivity (Wildman–Crippen MR) is 78.6 cm³/mol. The molecule has 0 bridgehead atoms. The molecule has 0 aromatic rings. The molecule has 0 saturated carbocycles. The third-order valence-electron chi connectivity index (χ3n) is 2.57. The number of rotatable bonds is 7. The molecule has 0 radical (unpaired) electrons. The fourth-order valence-electron chi connectivity index (χ4n) is 1.44. The van der Waals surface area contributed by atoms with Gasteiger partial charge in [-0.1, -0.05) is 6.08 Å². The third-order valence-corrected chi connectivity index (χ3v) is 2.57. The van der Waals surface area contributed by atoms with Gasteiger partial charge < -0.3 is 9.47 Å². The summed E-state index contributed by atoms with van der Waals surface area (Å²) in [4.78, 5) is 30.3. The van der Waals surface area contributed by atoms with Crippen molar-refractivity contribution in [2.45, 2.75) is 32.4 Å². The van der Waals surface area contributed by atoms with Crippen LogP contribution in [0.5, 0.6) is 0 Å².